The minimum atomic E-state index is 0.172. The average Bonchev–Trinajstić information content (AvgIpc) is 2.39. The van der Waals surface area contributed by atoms with Crippen molar-refractivity contribution in [2.75, 3.05) is 5.43 Å². The van der Waals surface area contributed by atoms with Crippen LogP contribution in [-0.2, 0) is 0 Å². The van der Waals surface area contributed by atoms with E-state index >= 15 is 0 Å². The molecule has 3 N–H and O–H groups in total. The number of hydrogen-bond acceptors (Lipinski definition) is 5. The van der Waals surface area contributed by atoms with Gasteiger partial charge in [0.05, 0.1) is 11.8 Å². The Morgan fingerprint density at radius 2 is 1.78 bits per heavy atom. The van der Waals surface area contributed by atoms with E-state index in [0.29, 0.717) is 5.82 Å². The third kappa shape index (κ3) is 2.95. The van der Waals surface area contributed by atoms with Gasteiger partial charge in [0.25, 0.3) is 0 Å². The van der Waals surface area contributed by atoms with Gasteiger partial charge in [-0.05, 0) is 50.2 Å². The lowest BCUT2D eigenvalue weighted by Crippen LogP contribution is -2.09. The van der Waals surface area contributed by atoms with Crippen molar-refractivity contribution in [2.45, 2.75) is 20.0 Å². The summed E-state index contributed by atoms with van der Waals surface area (Å²) in [4.78, 5) is 0. The maximum Gasteiger partial charge on any atom is 0.162 e. The van der Waals surface area contributed by atoms with Crippen LogP contribution < -0.4 is 16.0 Å². The summed E-state index contributed by atoms with van der Waals surface area (Å²) >= 11 is 0. The Bertz CT molecular complexity index is 493. The van der Waals surface area contributed by atoms with E-state index < -0.39 is 0 Å². The SMILES string of the molecule is CC(C)Oc1ccc(-c2ccc(NN)nn2)cc1. The third-order valence-electron chi connectivity index (χ3n) is 2.33. The van der Waals surface area contributed by atoms with E-state index in [2.05, 4.69) is 15.6 Å². The lowest BCUT2D eigenvalue weighted by atomic mass is 10.1. The van der Waals surface area contributed by atoms with Crippen LogP contribution in [0.25, 0.3) is 11.3 Å². The van der Waals surface area contributed by atoms with Crippen LogP contribution in [0.15, 0.2) is 36.4 Å². The standard InChI is InChI=1S/C13H16N4O/c1-9(2)18-11-5-3-10(4-6-11)12-7-8-13(15-14)17-16-12/h3-9H,14H2,1-2H3,(H,15,17). The van der Waals surface area contributed by atoms with Crippen molar-refractivity contribution in [3.05, 3.63) is 36.4 Å². The monoisotopic (exact) mass is 244 g/mol. The molecule has 5 nitrogen and oxygen atoms in total. The second-order valence-corrected chi connectivity index (χ2v) is 4.14. The van der Waals surface area contributed by atoms with Crippen molar-refractivity contribution < 1.29 is 4.74 Å². The first kappa shape index (κ1) is 12.3. The molecule has 94 valence electrons. The molecule has 0 fully saturated rings. The van der Waals surface area contributed by atoms with Crippen molar-refractivity contribution in [1.29, 1.82) is 0 Å². The lowest BCUT2D eigenvalue weighted by Gasteiger charge is -2.09. The summed E-state index contributed by atoms with van der Waals surface area (Å²) in [5.41, 5.74) is 4.23. The van der Waals surface area contributed by atoms with E-state index in [4.69, 9.17) is 10.6 Å². The zero-order valence-corrected chi connectivity index (χ0v) is 10.4. The number of hydrogen-bond donors (Lipinski definition) is 2. The van der Waals surface area contributed by atoms with Crippen molar-refractivity contribution >= 4 is 5.82 Å². The Morgan fingerprint density at radius 1 is 1.06 bits per heavy atom. The van der Waals surface area contributed by atoms with Crippen molar-refractivity contribution in [1.82, 2.24) is 10.2 Å². The van der Waals surface area contributed by atoms with E-state index in [-0.39, 0.29) is 6.10 Å². The average molecular weight is 244 g/mol. The Hall–Kier alpha value is -2.14. The molecule has 0 aliphatic carbocycles. The Morgan fingerprint density at radius 3 is 2.28 bits per heavy atom. The highest BCUT2D eigenvalue weighted by Gasteiger charge is 2.02. The minimum Gasteiger partial charge on any atom is -0.491 e. The molecule has 0 amide bonds. The molecule has 2 aromatic rings. The van der Waals surface area contributed by atoms with E-state index in [1.165, 1.54) is 0 Å². The van der Waals surface area contributed by atoms with Gasteiger partial charge in [-0.3, -0.25) is 0 Å². The summed E-state index contributed by atoms with van der Waals surface area (Å²) < 4.78 is 5.58. The van der Waals surface area contributed by atoms with Crippen LogP contribution in [-0.4, -0.2) is 16.3 Å². The van der Waals surface area contributed by atoms with Crippen LogP contribution in [0.2, 0.25) is 0 Å². The van der Waals surface area contributed by atoms with Gasteiger partial charge >= 0.3 is 0 Å². The molecule has 0 atom stereocenters. The molecule has 0 aliphatic rings. The second kappa shape index (κ2) is 5.46. The highest BCUT2D eigenvalue weighted by Crippen LogP contribution is 2.21. The van der Waals surface area contributed by atoms with E-state index in [1.54, 1.807) is 6.07 Å². The first-order chi connectivity index (χ1) is 8.69. The van der Waals surface area contributed by atoms with Gasteiger partial charge in [0, 0.05) is 5.56 Å². The normalized spacial score (nSPS) is 10.4. The summed E-state index contributed by atoms with van der Waals surface area (Å²) in [6, 6.07) is 11.4. The van der Waals surface area contributed by atoms with Crippen LogP contribution in [0, 0.1) is 0 Å². The van der Waals surface area contributed by atoms with E-state index in [0.717, 1.165) is 17.0 Å². The fourth-order valence-electron chi connectivity index (χ4n) is 1.54. The molecule has 0 spiro atoms. The first-order valence-electron chi connectivity index (χ1n) is 5.76. The molecule has 0 unspecified atom stereocenters. The topological polar surface area (TPSA) is 73.1 Å². The lowest BCUT2D eigenvalue weighted by molar-refractivity contribution is 0.242. The molecule has 2 rings (SSSR count). The van der Waals surface area contributed by atoms with Gasteiger partial charge in [0.2, 0.25) is 0 Å². The molecule has 0 radical (unpaired) electrons. The molecule has 0 aliphatic heterocycles. The highest BCUT2D eigenvalue weighted by molar-refractivity contribution is 5.60. The number of nitrogens with zero attached hydrogens (tertiary/aromatic N) is 2. The van der Waals surface area contributed by atoms with E-state index in [9.17, 15) is 0 Å². The fourth-order valence-corrected chi connectivity index (χ4v) is 1.54. The molecule has 1 aromatic carbocycles. The molecule has 0 bridgehead atoms. The zero-order chi connectivity index (χ0) is 13.0. The predicted octanol–water partition coefficient (Wildman–Crippen LogP) is 2.22. The second-order valence-electron chi connectivity index (χ2n) is 4.14. The quantitative estimate of drug-likeness (QED) is 0.637. The fraction of sp³-hybridized carbons (Fsp3) is 0.231. The number of anilines is 1. The van der Waals surface area contributed by atoms with Crippen LogP contribution >= 0.6 is 0 Å². The van der Waals surface area contributed by atoms with Gasteiger partial charge in [0.15, 0.2) is 5.82 Å². The summed E-state index contributed by atoms with van der Waals surface area (Å²) in [5.74, 6) is 6.63. The van der Waals surface area contributed by atoms with Crippen molar-refractivity contribution in [2.24, 2.45) is 5.84 Å². The number of nitrogens with two attached hydrogens (primary N) is 1. The van der Waals surface area contributed by atoms with Gasteiger partial charge in [-0.1, -0.05) is 0 Å². The number of rotatable bonds is 4. The summed E-state index contributed by atoms with van der Waals surface area (Å²) in [6.45, 7) is 4.00. The Balaban J connectivity index is 2.17. The molecular weight excluding hydrogens is 228 g/mol. The van der Waals surface area contributed by atoms with Crippen molar-refractivity contribution in [3.8, 4) is 17.0 Å². The number of nitrogens with one attached hydrogen (secondary N) is 1. The largest absolute Gasteiger partial charge is 0.491 e. The zero-order valence-electron chi connectivity index (χ0n) is 10.4. The number of ether oxygens (including phenoxy) is 1. The third-order valence-corrected chi connectivity index (χ3v) is 2.33. The number of aromatic nitrogens is 2. The molecule has 18 heavy (non-hydrogen) atoms. The molecule has 1 heterocycles. The van der Waals surface area contributed by atoms with Crippen molar-refractivity contribution in [3.63, 3.8) is 0 Å². The van der Waals surface area contributed by atoms with Gasteiger partial charge < -0.3 is 10.2 Å². The first-order valence-corrected chi connectivity index (χ1v) is 5.76. The number of hydrazine groups is 1. The highest BCUT2D eigenvalue weighted by atomic mass is 16.5. The van der Waals surface area contributed by atoms with Crippen LogP contribution in [0.5, 0.6) is 5.75 Å². The minimum absolute atomic E-state index is 0.172. The van der Waals surface area contributed by atoms with Gasteiger partial charge in [-0.25, -0.2) is 5.84 Å². The van der Waals surface area contributed by atoms with E-state index in [1.807, 2.05) is 44.2 Å². The summed E-state index contributed by atoms with van der Waals surface area (Å²) in [6.07, 6.45) is 0.172. The Kier molecular flexibility index (Phi) is 3.74. The predicted molar refractivity (Wildman–Crippen MR) is 71.0 cm³/mol. The Labute approximate surface area is 106 Å². The molecule has 1 aromatic heterocycles. The maximum atomic E-state index is 5.58. The molecule has 5 heteroatoms. The molecule has 0 saturated heterocycles. The van der Waals surface area contributed by atoms with Gasteiger partial charge in [-0.15, -0.1) is 10.2 Å². The summed E-state index contributed by atoms with van der Waals surface area (Å²) in [5, 5.41) is 8.00. The van der Waals surface area contributed by atoms with Crippen LogP contribution in [0.3, 0.4) is 0 Å². The van der Waals surface area contributed by atoms with Crippen LogP contribution in [0.1, 0.15) is 13.8 Å². The number of nitrogen functional groups attached to an aromatic ring is 1. The molecular formula is C13H16N4O. The number of benzene rings is 1. The smallest absolute Gasteiger partial charge is 0.162 e. The molecule has 0 saturated carbocycles. The maximum absolute atomic E-state index is 5.58. The summed E-state index contributed by atoms with van der Waals surface area (Å²) in [7, 11) is 0. The van der Waals surface area contributed by atoms with Gasteiger partial charge in [0.1, 0.15) is 5.75 Å². The van der Waals surface area contributed by atoms with Crippen LogP contribution in [0.4, 0.5) is 5.82 Å². The van der Waals surface area contributed by atoms with Gasteiger partial charge in [-0.2, -0.15) is 0 Å².